The van der Waals surface area contributed by atoms with E-state index in [4.69, 9.17) is 4.42 Å². The quantitative estimate of drug-likeness (QED) is 0.290. The molecule has 2 aliphatic rings. The minimum absolute atomic E-state index is 0.0318. The summed E-state index contributed by atoms with van der Waals surface area (Å²) >= 11 is 1.54. The average Bonchev–Trinajstić information content (AvgIpc) is 3.43. The highest BCUT2D eigenvalue weighted by Gasteiger charge is 2.25. The van der Waals surface area contributed by atoms with Gasteiger partial charge >= 0.3 is 0 Å². The lowest BCUT2D eigenvalue weighted by atomic mass is 9.88. The van der Waals surface area contributed by atoms with Gasteiger partial charge in [0.2, 0.25) is 0 Å². The maximum atomic E-state index is 14.4. The van der Waals surface area contributed by atoms with E-state index in [0.29, 0.717) is 45.5 Å². The molecule has 1 atom stereocenters. The van der Waals surface area contributed by atoms with Crippen LogP contribution in [0.3, 0.4) is 0 Å². The molecule has 1 aliphatic carbocycles. The third-order valence-corrected chi connectivity index (χ3v) is 9.05. The highest BCUT2D eigenvalue weighted by atomic mass is 32.1. The van der Waals surface area contributed by atoms with Gasteiger partial charge in [-0.05, 0) is 68.7 Å². The summed E-state index contributed by atoms with van der Waals surface area (Å²) in [6.45, 7) is 7.55. The maximum Gasteiger partial charge on any atom is 0.259 e. The number of benzene rings is 1. The Balaban J connectivity index is 0.000000189. The molecule has 0 bridgehead atoms. The predicted molar refractivity (Wildman–Crippen MR) is 163 cm³/mol. The summed E-state index contributed by atoms with van der Waals surface area (Å²) in [5, 5.41) is 16.0. The molecular weight excluding hydrogens is 539 g/mol. The molecule has 3 aromatic rings. The van der Waals surface area contributed by atoms with Crippen molar-refractivity contribution in [3.05, 3.63) is 63.2 Å². The SMILES string of the molecule is CCC(=O)c1cc(F)c(N2CCCCCC2)cc1NC.Cc1occc1C(=O)Nc1sc2c(c1C#N)CCC(C)C2. The Hall–Kier alpha value is -3.64. The Bertz CT molecular complexity index is 1430. The fraction of sp³-hybridized carbons (Fsp3) is 0.469. The largest absolute Gasteiger partial charge is 0.469 e. The van der Waals surface area contributed by atoms with Gasteiger partial charge in [0.25, 0.3) is 5.91 Å². The second-order valence-electron chi connectivity index (χ2n) is 10.8. The van der Waals surface area contributed by atoms with E-state index in [0.717, 1.165) is 56.4 Å². The summed E-state index contributed by atoms with van der Waals surface area (Å²) in [6, 6.07) is 7.07. The number of fused-ring (bicyclic) bond motifs is 1. The molecule has 1 saturated heterocycles. The molecule has 0 radical (unpaired) electrons. The number of anilines is 3. The van der Waals surface area contributed by atoms with Crippen molar-refractivity contribution in [2.24, 2.45) is 5.92 Å². The van der Waals surface area contributed by atoms with Crippen LogP contribution in [-0.4, -0.2) is 31.8 Å². The number of carbonyl (C=O) groups is 2. The number of nitrogens with zero attached hydrogens (tertiary/aromatic N) is 2. The van der Waals surface area contributed by atoms with Gasteiger partial charge in [-0.2, -0.15) is 5.26 Å². The summed E-state index contributed by atoms with van der Waals surface area (Å²) < 4.78 is 19.5. The Morgan fingerprint density at radius 2 is 1.93 bits per heavy atom. The third-order valence-electron chi connectivity index (χ3n) is 7.88. The Kier molecular flexibility index (Phi) is 10.2. The first-order valence-electron chi connectivity index (χ1n) is 14.5. The molecule has 1 fully saturated rings. The van der Waals surface area contributed by atoms with E-state index < -0.39 is 0 Å². The molecular formula is C32H39FN4O3S. The molecule has 3 heterocycles. The molecule has 9 heteroatoms. The van der Waals surface area contributed by atoms with Crippen molar-refractivity contribution in [2.45, 2.75) is 72.1 Å². The number of aryl methyl sites for hydroxylation is 1. The zero-order valence-electron chi connectivity index (χ0n) is 24.4. The minimum atomic E-state index is -0.289. The number of thiophene rings is 1. The van der Waals surface area contributed by atoms with Crippen LogP contribution in [0.25, 0.3) is 0 Å². The molecule has 0 saturated carbocycles. The van der Waals surface area contributed by atoms with Crippen molar-refractivity contribution in [1.82, 2.24) is 0 Å². The zero-order chi connectivity index (χ0) is 29.5. The molecule has 218 valence electrons. The lowest BCUT2D eigenvalue weighted by molar-refractivity contribution is 0.0986. The molecule has 1 aliphatic heterocycles. The van der Waals surface area contributed by atoms with Crippen molar-refractivity contribution >= 4 is 39.4 Å². The zero-order valence-corrected chi connectivity index (χ0v) is 25.2. The van der Waals surface area contributed by atoms with Crippen LogP contribution in [0.4, 0.5) is 20.8 Å². The first-order chi connectivity index (χ1) is 19.8. The number of ketones is 1. The molecule has 0 spiro atoms. The van der Waals surface area contributed by atoms with Gasteiger partial charge in [0.05, 0.1) is 23.1 Å². The summed E-state index contributed by atoms with van der Waals surface area (Å²) in [7, 11) is 1.77. The van der Waals surface area contributed by atoms with Crippen molar-refractivity contribution in [3.8, 4) is 6.07 Å². The van der Waals surface area contributed by atoms with Crippen LogP contribution < -0.4 is 15.5 Å². The van der Waals surface area contributed by atoms with E-state index in [-0.39, 0.29) is 17.5 Å². The third kappa shape index (κ3) is 6.99. The number of rotatable bonds is 6. The first-order valence-corrected chi connectivity index (χ1v) is 15.3. The summed E-state index contributed by atoms with van der Waals surface area (Å²) in [5.74, 6) is 0.686. The molecule has 1 aromatic carbocycles. The molecule has 1 unspecified atom stereocenters. The number of hydrogen-bond acceptors (Lipinski definition) is 7. The number of halogens is 1. The van der Waals surface area contributed by atoms with E-state index in [9.17, 15) is 19.2 Å². The summed E-state index contributed by atoms with van der Waals surface area (Å²) in [6.07, 6.45) is 9.53. The van der Waals surface area contributed by atoms with Gasteiger partial charge < -0.3 is 20.0 Å². The van der Waals surface area contributed by atoms with Crippen molar-refractivity contribution in [2.75, 3.05) is 35.7 Å². The fourth-order valence-electron chi connectivity index (χ4n) is 5.49. The van der Waals surface area contributed by atoms with Crippen LogP contribution in [0.2, 0.25) is 0 Å². The number of nitriles is 1. The minimum Gasteiger partial charge on any atom is -0.469 e. The van der Waals surface area contributed by atoms with E-state index in [1.807, 2.05) is 0 Å². The average molecular weight is 579 g/mol. The van der Waals surface area contributed by atoms with Gasteiger partial charge in [0.1, 0.15) is 22.6 Å². The fourth-order valence-corrected chi connectivity index (χ4v) is 6.85. The standard InChI is InChI=1S/C16H23FN2O.C16H16N2O2S/c1-3-16(20)12-10-13(17)15(11-14(12)18-2)19-8-6-4-5-7-9-19;1-9-3-4-12-13(8-17)16(21-14(12)7-9)18-15(19)11-5-6-20-10(11)2/h10-11,18H,3-9H2,1-2H3;5-6,9H,3-4,7H2,1-2H3,(H,18,19). The van der Waals surface area contributed by atoms with E-state index in [2.05, 4.69) is 28.5 Å². The van der Waals surface area contributed by atoms with Gasteiger partial charge in [-0.3, -0.25) is 9.59 Å². The van der Waals surface area contributed by atoms with Crippen molar-refractivity contribution in [1.29, 1.82) is 5.26 Å². The number of furan rings is 1. The Morgan fingerprint density at radius 1 is 1.20 bits per heavy atom. The van der Waals surface area contributed by atoms with Crippen molar-refractivity contribution in [3.63, 3.8) is 0 Å². The first kappa shape index (κ1) is 30.3. The van der Waals surface area contributed by atoms with Crippen LogP contribution in [0.1, 0.15) is 94.9 Å². The van der Waals surface area contributed by atoms with Crippen LogP contribution in [0.15, 0.2) is 28.9 Å². The van der Waals surface area contributed by atoms with Crippen molar-refractivity contribution < 1.29 is 18.4 Å². The predicted octanol–water partition coefficient (Wildman–Crippen LogP) is 7.74. The maximum absolute atomic E-state index is 14.4. The van der Waals surface area contributed by atoms with Gasteiger partial charge in [-0.1, -0.05) is 26.7 Å². The smallest absolute Gasteiger partial charge is 0.259 e. The van der Waals surface area contributed by atoms with Crippen LogP contribution in [-0.2, 0) is 12.8 Å². The summed E-state index contributed by atoms with van der Waals surface area (Å²) in [4.78, 5) is 27.5. The number of hydrogen-bond donors (Lipinski definition) is 2. The molecule has 2 N–H and O–H groups in total. The monoisotopic (exact) mass is 578 g/mol. The highest BCUT2D eigenvalue weighted by molar-refractivity contribution is 7.16. The van der Waals surface area contributed by atoms with E-state index in [1.165, 1.54) is 41.4 Å². The number of nitrogens with one attached hydrogen (secondary N) is 2. The second-order valence-corrected chi connectivity index (χ2v) is 11.9. The van der Waals surface area contributed by atoms with Crippen LogP contribution in [0.5, 0.6) is 0 Å². The molecule has 2 aromatic heterocycles. The number of carbonyl (C=O) groups excluding carboxylic acids is 2. The normalized spacial score (nSPS) is 16.5. The molecule has 7 nitrogen and oxygen atoms in total. The van der Waals surface area contributed by atoms with Crippen LogP contribution in [0, 0.1) is 30.0 Å². The lowest BCUT2D eigenvalue weighted by Crippen LogP contribution is -2.25. The van der Waals surface area contributed by atoms with E-state index >= 15 is 0 Å². The highest BCUT2D eigenvalue weighted by Crippen LogP contribution is 2.39. The van der Waals surface area contributed by atoms with Gasteiger partial charge in [-0.25, -0.2) is 4.39 Å². The second kappa shape index (κ2) is 13.8. The van der Waals surface area contributed by atoms with Crippen LogP contribution >= 0.6 is 11.3 Å². The van der Waals surface area contributed by atoms with E-state index in [1.54, 1.807) is 33.0 Å². The Labute approximate surface area is 245 Å². The van der Waals surface area contributed by atoms with Gasteiger partial charge in [-0.15, -0.1) is 11.3 Å². The summed E-state index contributed by atoms with van der Waals surface area (Å²) in [5.41, 5.74) is 4.06. The van der Waals surface area contributed by atoms with Gasteiger partial charge in [0, 0.05) is 42.7 Å². The van der Waals surface area contributed by atoms with Gasteiger partial charge in [0.15, 0.2) is 5.78 Å². The topological polar surface area (TPSA) is 98.4 Å². The number of Topliss-reactive ketones (excluding diaryl/α,β-unsaturated/α-hetero) is 1. The Morgan fingerprint density at radius 3 is 2.54 bits per heavy atom. The lowest BCUT2D eigenvalue weighted by Gasteiger charge is -2.24. The number of amides is 1. The molecule has 41 heavy (non-hydrogen) atoms. The molecule has 5 rings (SSSR count). The molecule has 1 amide bonds.